The second kappa shape index (κ2) is 14.9. The Kier molecular flexibility index (Phi) is 13.8. The van der Waals surface area contributed by atoms with Gasteiger partial charge in [-0.2, -0.15) is 0 Å². The molecule has 0 aromatic carbocycles. The molecule has 14 nitrogen and oxygen atoms in total. The molecular weight excluding hydrogens is 594 g/mol. The molecule has 2 fully saturated rings. The van der Waals surface area contributed by atoms with E-state index < -0.39 is 71.8 Å². The number of nitrogens with zero attached hydrogens (tertiary/aromatic N) is 2. The molecule has 0 bridgehead atoms. The zero-order valence-electron chi connectivity index (χ0n) is 22.1. The molecule has 18 heteroatoms. The van der Waals surface area contributed by atoms with Crippen LogP contribution in [0.2, 0.25) is 0 Å². The molecule has 2 amide bonds. The number of amides is 2. The van der Waals surface area contributed by atoms with Crippen LogP contribution >= 0.6 is 23.5 Å². The van der Waals surface area contributed by atoms with Crippen molar-refractivity contribution in [3.63, 3.8) is 0 Å². The Hall–Kier alpha value is -1.08. The van der Waals surface area contributed by atoms with Crippen molar-refractivity contribution in [2.24, 2.45) is 11.8 Å². The number of thioether (sulfide) groups is 2. The maximum atomic E-state index is 11.8. The average molecular weight is 619 g/mol. The molecule has 2 saturated heterocycles. The summed E-state index contributed by atoms with van der Waals surface area (Å²) in [7, 11) is 0. The van der Waals surface area contributed by atoms with Crippen molar-refractivity contribution in [2.45, 2.75) is 51.0 Å². The number of carbonyl (C=O) groups excluding carboxylic acids is 4. The van der Waals surface area contributed by atoms with E-state index in [0.717, 1.165) is 33.3 Å². The second-order valence-electron chi connectivity index (χ2n) is 8.98. The van der Waals surface area contributed by atoms with Crippen LogP contribution in [0, 0.1) is 11.8 Å². The first-order chi connectivity index (χ1) is 17.7. The van der Waals surface area contributed by atoms with E-state index in [9.17, 15) is 49.2 Å². The van der Waals surface area contributed by atoms with E-state index in [0.29, 0.717) is 9.81 Å². The summed E-state index contributed by atoms with van der Waals surface area (Å²) in [6.45, 7) is 2.95. The zero-order chi connectivity index (χ0) is 28.6. The van der Waals surface area contributed by atoms with Crippen LogP contribution in [0.5, 0.6) is 0 Å². The maximum Gasteiger partial charge on any atom is 1.00 e. The van der Waals surface area contributed by atoms with E-state index in [1.165, 1.54) is 13.8 Å². The molecule has 0 unspecified atom stereocenters. The molecule has 0 radical (unpaired) electrons. The second-order valence-corrected chi connectivity index (χ2v) is 11.1. The Morgan fingerprint density at radius 3 is 1.30 bits per heavy atom. The van der Waals surface area contributed by atoms with Gasteiger partial charge in [0, 0.05) is 22.7 Å². The van der Waals surface area contributed by atoms with Crippen LogP contribution in [-0.4, -0.2) is 102 Å². The van der Waals surface area contributed by atoms with Crippen molar-refractivity contribution < 1.29 is 119 Å². The smallest absolute Gasteiger partial charge is 0.543 e. The number of hydrogen-bond donors (Lipinski definition) is 4. The third-order valence-electron chi connectivity index (χ3n) is 6.50. The number of aliphatic hydroxyl groups is 2. The van der Waals surface area contributed by atoms with Gasteiger partial charge in [0.1, 0.15) is 0 Å². The molecule has 6 atom stereocenters. The zero-order valence-corrected chi connectivity index (χ0v) is 27.7. The number of carboxylic acids is 4. The number of carboxylic acid groups (broad SMARTS) is 4. The van der Waals surface area contributed by atoms with E-state index in [-0.39, 0.29) is 94.9 Å². The van der Waals surface area contributed by atoms with E-state index in [4.69, 9.17) is 10.2 Å². The largest absolute Gasteiger partial charge is 1.00 e. The first kappa shape index (κ1) is 36.9. The van der Waals surface area contributed by atoms with E-state index in [1.54, 1.807) is 0 Å². The SMILES string of the molecule is C[C@H](O)[C@@H]1C(=O)N2C(C(=O)[O-])=C(SCC(=O)O)C[C@H]12.C[C@H](O)[C@@H]1C(=O)N2C(C(=O)[O-])=C(SCC(=O)O)C[C@H]12.[Na+].[Na+]. The summed E-state index contributed by atoms with van der Waals surface area (Å²) in [5.41, 5.74) is -0.503. The summed E-state index contributed by atoms with van der Waals surface area (Å²) in [4.78, 5) is 69.6. The number of hydrogen-bond acceptors (Lipinski definition) is 12. The first-order valence-electron chi connectivity index (χ1n) is 11.3. The molecule has 0 aromatic rings. The number of fused-ring (bicyclic) bond motifs is 2. The molecule has 0 saturated carbocycles. The van der Waals surface area contributed by atoms with Crippen molar-refractivity contribution in [1.29, 1.82) is 0 Å². The summed E-state index contributed by atoms with van der Waals surface area (Å²) >= 11 is 1.75. The summed E-state index contributed by atoms with van der Waals surface area (Å²) in [5.74, 6) is -7.84. The third-order valence-corrected chi connectivity index (χ3v) is 8.70. The predicted octanol–water partition coefficient (Wildman–Crippen LogP) is -9.24. The molecule has 4 N–H and O–H groups in total. The third kappa shape index (κ3) is 7.27. The fourth-order valence-electron chi connectivity index (χ4n) is 5.00. The van der Waals surface area contributed by atoms with Crippen molar-refractivity contribution in [3.8, 4) is 0 Å². The fourth-order valence-corrected chi connectivity index (χ4v) is 6.81. The molecule has 4 rings (SSSR count). The van der Waals surface area contributed by atoms with Crippen LogP contribution in [-0.2, 0) is 28.8 Å². The average Bonchev–Trinajstić information content (AvgIpc) is 3.29. The Balaban J connectivity index is 0.000000381. The predicted molar refractivity (Wildman–Crippen MR) is 125 cm³/mol. The van der Waals surface area contributed by atoms with Gasteiger partial charge in [-0.05, 0) is 13.8 Å². The van der Waals surface area contributed by atoms with Crippen LogP contribution in [0.15, 0.2) is 21.2 Å². The minimum absolute atomic E-state index is 0. The summed E-state index contributed by atoms with van der Waals surface area (Å²) in [6, 6.07) is -0.812. The molecule has 208 valence electrons. The Morgan fingerprint density at radius 2 is 1.07 bits per heavy atom. The van der Waals surface area contributed by atoms with Gasteiger partial charge < -0.3 is 50.0 Å². The van der Waals surface area contributed by atoms with Gasteiger partial charge in [-0.15, -0.1) is 23.5 Å². The van der Waals surface area contributed by atoms with E-state index >= 15 is 0 Å². The van der Waals surface area contributed by atoms with Gasteiger partial charge in [-0.3, -0.25) is 19.2 Å². The Bertz CT molecular complexity index is 1070. The van der Waals surface area contributed by atoms with Crippen LogP contribution < -0.4 is 69.3 Å². The van der Waals surface area contributed by atoms with Gasteiger partial charge in [0.2, 0.25) is 11.8 Å². The summed E-state index contributed by atoms with van der Waals surface area (Å²) < 4.78 is 0. The van der Waals surface area contributed by atoms with Gasteiger partial charge in [-0.25, -0.2) is 0 Å². The minimum Gasteiger partial charge on any atom is -0.543 e. The van der Waals surface area contributed by atoms with Crippen molar-refractivity contribution in [3.05, 3.63) is 21.2 Å². The monoisotopic (exact) mass is 618 g/mol. The first-order valence-corrected chi connectivity index (χ1v) is 13.3. The molecule has 0 aromatic heterocycles. The maximum absolute atomic E-state index is 11.8. The Labute approximate surface area is 280 Å². The molecule has 4 aliphatic heterocycles. The van der Waals surface area contributed by atoms with Crippen LogP contribution in [0.3, 0.4) is 0 Å². The molecule has 0 spiro atoms. The number of carbonyl (C=O) groups is 6. The number of β-lactam (4-membered cyclic amide) rings is 2. The van der Waals surface area contributed by atoms with E-state index in [1.807, 2.05) is 0 Å². The number of aliphatic carboxylic acids is 4. The van der Waals surface area contributed by atoms with Gasteiger partial charge in [0.15, 0.2) is 0 Å². The van der Waals surface area contributed by atoms with Gasteiger partial charge in [0.05, 0.1) is 71.0 Å². The van der Waals surface area contributed by atoms with Gasteiger partial charge in [-0.1, -0.05) is 0 Å². The molecule has 4 aliphatic rings. The molecular formula is C22H24N2Na2O12S2. The van der Waals surface area contributed by atoms with Crippen LogP contribution in [0.25, 0.3) is 0 Å². The topological polar surface area (TPSA) is 236 Å². The Morgan fingerprint density at radius 1 is 0.775 bits per heavy atom. The standard InChI is InChI=1S/2C11H13NO6S.2Na/c2*1-4(13)8-5-2-6(19-3-7(14)15)9(11(17)18)12(5)10(8)16;;/h2*4-5,8,13H,2-3H2,1H3,(H,14,15)(H,17,18);;/q;;2*+1/p-2/t2*4-,5+,8-;;/m00../s1. The number of rotatable bonds is 10. The molecule has 40 heavy (non-hydrogen) atoms. The summed E-state index contributed by atoms with van der Waals surface area (Å²) in [6.07, 6.45) is -1.22. The van der Waals surface area contributed by atoms with Crippen molar-refractivity contribution in [2.75, 3.05) is 11.5 Å². The van der Waals surface area contributed by atoms with Crippen LogP contribution in [0.1, 0.15) is 26.7 Å². The summed E-state index contributed by atoms with van der Waals surface area (Å²) in [5, 5.41) is 58.4. The van der Waals surface area contributed by atoms with Crippen molar-refractivity contribution >= 4 is 59.2 Å². The van der Waals surface area contributed by atoms with Gasteiger partial charge >= 0.3 is 71.1 Å². The molecule has 4 heterocycles. The van der Waals surface area contributed by atoms with Crippen LogP contribution in [0.4, 0.5) is 0 Å². The van der Waals surface area contributed by atoms with Gasteiger partial charge in [0.25, 0.3) is 0 Å². The quantitative estimate of drug-likeness (QED) is 0.131. The molecule has 0 aliphatic carbocycles. The van der Waals surface area contributed by atoms with E-state index in [2.05, 4.69) is 0 Å². The fraction of sp³-hybridized carbons (Fsp3) is 0.545. The normalized spacial score (nSPS) is 25.7. The van der Waals surface area contributed by atoms with Crippen molar-refractivity contribution in [1.82, 2.24) is 9.80 Å². The number of aliphatic hydroxyl groups excluding tert-OH is 2. The minimum atomic E-state index is -1.49.